The number of aromatic amines is 1. The van der Waals surface area contributed by atoms with Crippen LogP contribution in [0.15, 0.2) is 24.5 Å². The van der Waals surface area contributed by atoms with Gasteiger partial charge in [-0.15, -0.1) is 0 Å². The second kappa shape index (κ2) is 9.79. The van der Waals surface area contributed by atoms with E-state index in [2.05, 4.69) is 15.0 Å². The average molecular weight is 446 g/mol. The molecule has 9 heteroatoms. The molecule has 2 aromatic heterocycles. The number of nitriles is 1. The standard InChI is InChI=1S/C19H15Cl2N5O2.C2H6/c20-14-3-2-12-13-10-26(6-4-15(13)25-17(12)16(14)21)19(27)18-23-8-11(9-24-18)28-7-1-5-22;1-2/h2-3,8-9,25H,1,4,6-7,10H2;1-2H3. The Hall–Kier alpha value is -2.82. The minimum Gasteiger partial charge on any atom is -0.489 e. The molecule has 0 spiro atoms. The number of H-pyrrole nitrogens is 1. The summed E-state index contributed by atoms with van der Waals surface area (Å²) in [5.41, 5.74) is 2.89. The topological polar surface area (TPSA) is 94.9 Å². The third kappa shape index (κ3) is 4.35. The van der Waals surface area contributed by atoms with Crippen LogP contribution in [0.3, 0.4) is 0 Å². The number of benzene rings is 1. The van der Waals surface area contributed by atoms with E-state index in [1.807, 2.05) is 26.0 Å². The SMILES string of the molecule is CC.N#CCCOc1cnc(C(=O)N2CCc3[nH]c4c(Cl)c(Cl)ccc4c3C2)nc1. The minimum absolute atomic E-state index is 0.108. The van der Waals surface area contributed by atoms with E-state index in [1.165, 1.54) is 12.4 Å². The fourth-order valence-electron chi connectivity index (χ4n) is 3.25. The first-order chi connectivity index (χ1) is 14.6. The lowest BCUT2D eigenvalue weighted by molar-refractivity contribution is 0.0722. The van der Waals surface area contributed by atoms with Crippen molar-refractivity contribution in [1.82, 2.24) is 19.9 Å². The van der Waals surface area contributed by atoms with Gasteiger partial charge in [0.25, 0.3) is 5.91 Å². The summed E-state index contributed by atoms with van der Waals surface area (Å²) >= 11 is 12.4. The highest BCUT2D eigenvalue weighted by molar-refractivity contribution is 6.45. The smallest absolute Gasteiger partial charge is 0.291 e. The zero-order valence-electron chi connectivity index (χ0n) is 16.7. The number of fused-ring (bicyclic) bond motifs is 3. The Bertz CT molecular complexity index is 1090. The molecular weight excluding hydrogens is 425 g/mol. The fraction of sp³-hybridized carbons (Fsp3) is 0.333. The summed E-state index contributed by atoms with van der Waals surface area (Å²) in [6.45, 7) is 5.25. The lowest BCUT2D eigenvalue weighted by Crippen LogP contribution is -2.36. The van der Waals surface area contributed by atoms with Crippen molar-refractivity contribution in [2.75, 3.05) is 13.2 Å². The normalized spacial score (nSPS) is 12.6. The molecule has 3 aromatic rings. The summed E-state index contributed by atoms with van der Waals surface area (Å²) in [6.07, 6.45) is 3.84. The second-order valence-electron chi connectivity index (χ2n) is 6.34. The van der Waals surface area contributed by atoms with E-state index in [1.54, 1.807) is 11.0 Å². The van der Waals surface area contributed by atoms with Crippen LogP contribution >= 0.6 is 23.2 Å². The van der Waals surface area contributed by atoms with Crippen LogP contribution in [0.5, 0.6) is 5.75 Å². The molecule has 0 bridgehead atoms. The van der Waals surface area contributed by atoms with E-state index in [4.69, 9.17) is 33.2 Å². The zero-order valence-corrected chi connectivity index (χ0v) is 18.2. The zero-order chi connectivity index (χ0) is 21.7. The fourth-order valence-corrected chi connectivity index (χ4v) is 3.62. The van der Waals surface area contributed by atoms with E-state index in [9.17, 15) is 4.79 Å². The third-order valence-electron chi connectivity index (χ3n) is 4.63. The summed E-state index contributed by atoms with van der Waals surface area (Å²) in [5.74, 6) is 0.288. The maximum absolute atomic E-state index is 12.8. The van der Waals surface area contributed by atoms with Crippen LogP contribution in [-0.2, 0) is 13.0 Å². The molecule has 4 rings (SSSR count). The summed E-state index contributed by atoms with van der Waals surface area (Å²) in [4.78, 5) is 26.1. The predicted molar refractivity (Wildman–Crippen MR) is 116 cm³/mol. The number of nitrogens with one attached hydrogen (secondary N) is 1. The van der Waals surface area contributed by atoms with Crippen LogP contribution < -0.4 is 4.74 Å². The number of carbonyl (C=O) groups excluding carboxylic acids is 1. The van der Waals surface area contributed by atoms with Crippen molar-refractivity contribution in [3.63, 3.8) is 0 Å². The molecule has 0 unspecified atom stereocenters. The molecule has 0 radical (unpaired) electrons. The first-order valence-electron chi connectivity index (χ1n) is 9.67. The quantitative estimate of drug-likeness (QED) is 0.582. The number of aromatic nitrogens is 3. The Kier molecular flexibility index (Phi) is 7.14. The number of carbonyl (C=O) groups is 1. The van der Waals surface area contributed by atoms with Gasteiger partial charge in [0.1, 0.15) is 6.61 Å². The van der Waals surface area contributed by atoms with Gasteiger partial charge in [0.15, 0.2) is 5.75 Å². The molecule has 3 heterocycles. The first-order valence-corrected chi connectivity index (χ1v) is 10.4. The highest BCUT2D eigenvalue weighted by atomic mass is 35.5. The molecule has 156 valence electrons. The first kappa shape index (κ1) is 21.9. The average Bonchev–Trinajstić information content (AvgIpc) is 3.16. The van der Waals surface area contributed by atoms with Crippen LogP contribution in [0.25, 0.3) is 10.9 Å². The molecular formula is C21H21Cl2N5O2. The predicted octanol–water partition coefficient (Wildman–Crippen LogP) is 4.78. The largest absolute Gasteiger partial charge is 0.489 e. The molecule has 1 aliphatic rings. The molecule has 0 saturated heterocycles. The van der Waals surface area contributed by atoms with E-state index in [-0.39, 0.29) is 24.8 Å². The number of nitrogens with zero attached hydrogens (tertiary/aromatic N) is 4. The molecule has 0 atom stereocenters. The minimum atomic E-state index is -0.247. The number of hydrogen-bond donors (Lipinski definition) is 1. The molecule has 1 N–H and O–H groups in total. The molecule has 0 aliphatic carbocycles. The highest BCUT2D eigenvalue weighted by Gasteiger charge is 2.27. The van der Waals surface area contributed by atoms with Gasteiger partial charge >= 0.3 is 0 Å². The Morgan fingerprint density at radius 3 is 2.73 bits per heavy atom. The van der Waals surface area contributed by atoms with E-state index >= 15 is 0 Å². The lowest BCUT2D eigenvalue weighted by Gasteiger charge is -2.26. The summed E-state index contributed by atoms with van der Waals surface area (Å²) in [7, 11) is 0. The van der Waals surface area contributed by atoms with Crippen molar-refractivity contribution in [2.24, 2.45) is 0 Å². The molecule has 0 fully saturated rings. The van der Waals surface area contributed by atoms with E-state index in [0.29, 0.717) is 35.3 Å². The van der Waals surface area contributed by atoms with Gasteiger partial charge in [-0.2, -0.15) is 5.26 Å². The van der Waals surface area contributed by atoms with Gasteiger partial charge in [0.2, 0.25) is 5.82 Å². The van der Waals surface area contributed by atoms with Gasteiger partial charge in [-0.05, 0) is 6.07 Å². The van der Waals surface area contributed by atoms with Crippen LogP contribution in [-0.4, -0.2) is 38.9 Å². The molecule has 0 saturated carbocycles. The summed E-state index contributed by atoms with van der Waals surface area (Å²) in [6, 6.07) is 5.66. The number of ether oxygens (including phenoxy) is 1. The number of hydrogen-bond acceptors (Lipinski definition) is 5. The van der Waals surface area contributed by atoms with Crippen LogP contribution in [0.2, 0.25) is 10.0 Å². The maximum atomic E-state index is 12.8. The van der Waals surface area contributed by atoms with Gasteiger partial charge < -0.3 is 14.6 Å². The molecule has 30 heavy (non-hydrogen) atoms. The van der Waals surface area contributed by atoms with Crippen LogP contribution in [0.1, 0.15) is 42.1 Å². The van der Waals surface area contributed by atoms with E-state index < -0.39 is 0 Å². The number of halogens is 2. The molecule has 1 amide bonds. The molecule has 1 aromatic carbocycles. The molecule has 7 nitrogen and oxygen atoms in total. The Balaban J connectivity index is 0.00000124. The van der Waals surface area contributed by atoms with Gasteiger partial charge in [-0.3, -0.25) is 4.79 Å². The van der Waals surface area contributed by atoms with Gasteiger partial charge in [-0.1, -0.05) is 43.1 Å². The second-order valence-corrected chi connectivity index (χ2v) is 7.13. The van der Waals surface area contributed by atoms with Crippen molar-refractivity contribution in [2.45, 2.75) is 33.2 Å². The van der Waals surface area contributed by atoms with Crippen molar-refractivity contribution in [3.8, 4) is 11.8 Å². The lowest BCUT2D eigenvalue weighted by atomic mass is 10.0. The monoisotopic (exact) mass is 445 g/mol. The Morgan fingerprint density at radius 2 is 2.03 bits per heavy atom. The van der Waals surface area contributed by atoms with Crippen LogP contribution in [0, 0.1) is 11.3 Å². The third-order valence-corrected chi connectivity index (χ3v) is 5.43. The van der Waals surface area contributed by atoms with Crippen LogP contribution in [0.4, 0.5) is 0 Å². The van der Waals surface area contributed by atoms with E-state index in [0.717, 1.165) is 22.2 Å². The van der Waals surface area contributed by atoms with Gasteiger partial charge in [0.05, 0.1) is 40.4 Å². The maximum Gasteiger partial charge on any atom is 0.291 e. The van der Waals surface area contributed by atoms with Crippen molar-refractivity contribution < 1.29 is 9.53 Å². The number of rotatable bonds is 4. The van der Waals surface area contributed by atoms with Crippen molar-refractivity contribution >= 4 is 40.0 Å². The van der Waals surface area contributed by atoms with Gasteiger partial charge in [0, 0.05) is 36.2 Å². The summed E-state index contributed by atoms with van der Waals surface area (Å²) < 4.78 is 5.33. The number of amides is 1. The Labute approximate surface area is 184 Å². The Morgan fingerprint density at radius 1 is 1.30 bits per heavy atom. The van der Waals surface area contributed by atoms with Crippen molar-refractivity contribution in [3.05, 3.63) is 51.7 Å². The van der Waals surface area contributed by atoms with Gasteiger partial charge in [-0.25, -0.2) is 9.97 Å². The summed E-state index contributed by atoms with van der Waals surface area (Å²) in [5, 5.41) is 10.5. The van der Waals surface area contributed by atoms with Crippen molar-refractivity contribution in [1.29, 1.82) is 5.26 Å². The molecule has 1 aliphatic heterocycles. The highest BCUT2D eigenvalue weighted by Crippen LogP contribution is 2.35.